The fourth-order valence-corrected chi connectivity index (χ4v) is 4.47. The van der Waals surface area contributed by atoms with E-state index in [1.165, 1.54) is 6.26 Å². The summed E-state index contributed by atoms with van der Waals surface area (Å²) in [6, 6.07) is 10.9. The number of nitrogens with one attached hydrogen (secondary N) is 1. The van der Waals surface area contributed by atoms with Crippen LogP contribution >= 0.6 is 0 Å². The van der Waals surface area contributed by atoms with Gasteiger partial charge in [0.25, 0.3) is 0 Å². The highest BCUT2D eigenvalue weighted by Gasteiger charge is 2.23. The SMILES string of the molecule is CC1COCCN1c1cc(-c2ccc(S(C)(=O)=O)cc2)c2ncc(-c3ccn[nH]3)n2n1. The first kappa shape index (κ1) is 19.7. The van der Waals surface area contributed by atoms with Crippen molar-refractivity contribution in [2.45, 2.75) is 17.9 Å². The van der Waals surface area contributed by atoms with E-state index in [-0.39, 0.29) is 10.9 Å². The van der Waals surface area contributed by atoms with Crippen molar-refractivity contribution >= 4 is 21.3 Å². The van der Waals surface area contributed by atoms with Crippen molar-refractivity contribution in [3.8, 4) is 22.5 Å². The van der Waals surface area contributed by atoms with Gasteiger partial charge < -0.3 is 9.64 Å². The number of sulfone groups is 1. The Bertz CT molecular complexity index is 1330. The first-order chi connectivity index (χ1) is 14.9. The molecule has 1 aromatic carbocycles. The van der Waals surface area contributed by atoms with Crippen LogP contribution in [0.4, 0.5) is 5.82 Å². The molecule has 5 rings (SSSR count). The van der Waals surface area contributed by atoms with Crippen LogP contribution in [0.2, 0.25) is 0 Å². The third-order valence-electron chi connectivity index (χ3n) is 5.49. The van der Waals surface area contributed by atoms with E-state index in [4.69, 9.17) is 9.84 Å². The maximum absolute atomic E-state index is 11.9. The van der Waals surface area contributed by atoms with E-state index in [9.17, 15) is 8.42 Å². The zero-order valence-corrected chi connectivity index (χ0v) is 18.0. The summed E-state index contributed by atoms with van der Waals surface area (Å²) in [5, 5.41) is 11.9. The van der Waals surface area contributed by atoms with Crippen LogP contribution in [0.5, 0.6) is 0 Å². The standard InChI is InChI=1S/C21H22N6O3S/c1-14-13-30-10-9-26(14)20-11-17(15-3-5-16(6-4-15)31(2,28)29)21-22-12-19(27(21)25-20)18-7-8-23-24-18/h3-8,11-12,14H,9-10,13H2,1-2H3,(H,23,24). The smallest absolute Gasteiger partial charge is 0.175 e. The molecule has 1 unspecified atom stereocenters. The topological polar surface area (TPSA) is 105 Å². The predicted molar refractivity (Wildman–Crippen MR) is 117 cm³/mol. The lowest BCUT2D eigenvalue weighted by Gasteiger charge is -2.34. The zero-order chi connectivity index (χ0) is 21.6. The van der Waals surface area contributed by atoms with Gasteiger partial charge in [0, 0.05) is 24.6 Å². The second kappa shape index (κ2) is 7.47. The van der Waals surface area contributed by atoms with Gasteiger partial charge >= 0.3 is 0 Å². The van der Waals surface area contributed by atoms with E-state index in [0.29, 0.717) is 18.9 Å². The minimum atomic E-state index is -3.27. The van der Waals surface area contributed by atoms with Crippen LogP contribution in [0.3, 0.4) is 0 Å². The molecule has 0 aliphatic carbocycles. The van der Waals surface area contributed by atoms with Crippen LogP contribution in [-0.4, -0.2) is 65.3 Å². The van der Waals surface area contributed by atoms with Gasteiger partial charge in [-0.1, -0.05) is 12.1 Å². The van der Waals surface area contributed by atoms with E-state index in [2.05, 4.69) is 27.0 Å². The van der Waals surface area contributed by atoms with E-state index in [0.717, 1.165) is 34.9 Å². The van der Waals surface area contributed by atoms with Crippen LogP contribution in [-0.2, 0) is 14.6 Å². The Morgan fingerprint density at radius 2 is 2.00 bits per heavy atom. The molecular weight excluding hydrogens is 416 g/mol. The number of hydrogen-bond donors (Lipinski definition) is 1. The van der Waals surface area contributed by atoms with Gasteiger partial charge in [0.05, 0.1) is 36.0 Å². The lowest BCUT2D eigenvalue weighted by molar-refractivity contribution is 0.0984. The Kier molecular flexibility index (Phi) is 4.75. The van der Waals surface area contributed by atoms with Crippen LogP contribution in [0.15, 0.2) is 53.7 Å². The fraction of sp³-hybridized carbons (Fsp3) is 0.286. The molecule has 160 valence electrons. The highest BCUT2D eigenvalue weighted by Crippen LogP contribution is 2.31. The number of benzene rings is 1. The number of nitrogens with zero attached hydrogens (tertiary/aromatic N) is 5. The normalized spacial score (nSPS) is 17.4. The van der Waals surface area contributed by atoms with Gasteiger partial charge in [-0.05, 0) is 36.8 Å². The summed E-state index contributed by atoms with van der Waals surface area (Å²) < 4.78 is 31.1. The molecule has 1 aliphatic heterocycles. The van der Waals surface area contributed by atoms with Crippen molar-refractivity contribution in [1.82, 2.24) is 24.8 Å². The Morgan fingerprint density at radius 1 is 1.19 bits per heavy atom. The minimum Gasteiger partial charge on any atom is -0.377 e. The monoisotopic (exact) mass is 438 g/mol. The third kappa shape index (κ3) is 3.57. The number of imidazole rings is 1. The highest BCUT2D eigenvalue weighted by molar-refractivity contribution is 7.90. The molecule has 0 spiro atoms. The molecule has 4 aromatic rings. The van der Waals surface area contributed by atoms with Gasteiger partial charge in [0.15, 0.2) is 21.3 Å². The number of anilines is 1. The molecule has 1 N–H and O–H groups in total. The summed E-state index contributed by atoms with van der Waals surface area (Å²) >= 11 is 0. The highest BCUT2D eigenvalue weighted by atomic mass is 32.2. The van der Waals surface area contributed by atoms with Crippen molar-refractivity contribution in [3.63, 3.8) is 0 Å². The number of rotatable bonds is 4. The fourth-order valence-electron chi connectivity index (χ4n) is 3.84. The molecule has 9 nitrogen and oxygen atoms in total. The van der Waals surface area contributed by atoms with Crippen molar-refractivity contribution < 1.29 is 13.2 Å². The molecule has 10 heteroatoms. The number of fused-ring (bicyclic) bond motifs is 1. The number of hydrogen-bond acceptors (Lipinski definition) is 7. The van der Waals surface area contributed by atoms with Crippen LogP contribution in [0, 0.1) is 0 Å². The third-order valence-corrected chi connectivity index (χ3v) is 6.62. The Labute approximate surface area is 179 Å². The molecule has 1 atom stereocenters. The van der Waals surface area contributed by atoms with Gasteiger partial charge in [-0.3, -0.25) is 5.10 Å². The molecule has 1 fully saturated rings. The van der Waals surface area contributed by atoms with Crippen LogP contribution < -0.4 is 4.90 Å². The summed E-state index contributed by atoms with van der Waals surface area (Å²) in [6.45, 7) is 4.12. The van der Waals surface area contributed by atoms with E-state index >= 15 is 0 Å². The molecule has 1 aliphatic rings. The zero-order valence-electron chi connectivity index (χ0n) is 17.2. The minimum absolute atomic E-state index is 0.179. The van der Waals surface area contributed by atoms with Crippen molar-refractivity contribution in [2.24, 2.45) is 0 Å². The summed E-state index contributed by atoms with van der Waals surface area (Å²) in [5.74, 6) is 0.809. The average Bonchev–Trinajstić information content (AvgIpc) is 3.42. The molecule has 4 heterocycles. The van der Waals surface area contributed by atoms with Crippen molar-refractivity contribution in [3.05, 3.63) is 48.8 Å². The first-order valence-electron chi connectivity index (χ1n) is 9.95. The molecular formula is C21H22N6O3S. The van der Waals surface area contributed by atoms with Crippen molar-refractivity contribution in [1.29, 1.82) is 0 Å². The number of aromatic nitrogens is 5. The quantitative estimate of drug-likeness (QED) is 0.522. The summed E-state index contributed by atoms with van der Waals surface area (Å²) in [5.41, 5.74) is 4.02. The van der Waals surface area contributed by atoms with Crippen LogP contribution in [0.25, 0.3) is 28.2 Å². The van der Waals surface area contributed by atoms with E-state index in [1.807, 2.05) is 28.8 Å². The van der Waals surface area contributed by atoms with E-state index in [1.54, 1.807) is 24.5 Å². The van der Waals surface area contributed by atoms with Gasteiger partial charge in [-0.15, -0.1) is 5.10 Å². The van der Waals surface area contributed by atoms with Crippen molar-refractivity contribution in [2.75, 3.05) is 30.9 Å². The Hall–Kier alpha value is -3.24. The lowest BCUT2D eigenvalue weighted by Crippen LogP contribution is -2.44. The summed E-state index contributed by atoms with van der Waals surface area (Å²) in [7, 11) is -3.27. The van der Waals surface area contributed by atoms with Gasteiger partial charge in [-0.25, -0.2) is 17.9 Å². The number of ether oxygens (including phenoxy) is 1. The van der Waals surface area contributed by atoms with Gasteiger partial charge in [-0.2, -0.15) is 5.10 Å². The summed E-state index contributed by atoms with van der Waals surface area (Å²) in [4.78, 5) is 7.12. The Morgan fingerprint density at radius 3 is 2.68 bits per heavy atom. The largest absolute Gasteiger partial charge is 0.377 e. The van der Waals surface area contributed by atoms with Gasteiger partial charge in [0.2, 0.25) is 0 Å². The molecule has 1 saturated heterocycles. The maximum atomic E-state index is 11.9. The maximum Gasteiger partial charge on any atom is 0.175 e. The molecule has 0 radical (unpaired) electrons. The van der Waals surface area contributed by atoms with Gasteiger partial charge in [0.1, 0.15) is 5.69 Å². The van der Waals surface area contributed by atoms with E-state index < -0.39 is 9.84 Å². The number of morpholine rings is 1. The average molecular weight is 439 g/mol. The lowest BCUT2D eigenvalue weighted by atomic mass is 10.1. The molecule has 0 amide bonds. The van der Waals surface area contributed by atoms with Crippen LogP contribution in [0.1, 0.15) is 6.92 Å². The molecule has 0 saturated carbocycles. The first-order valence-corrected chi connectivity index (χ1v) is 11.8. The summed E-state index contributed by atoms with van der Waals surface area (Å²) in [6.07, 6.45) is 4.65. The Balaban J connectivity index is 1.71. The predicted octanol–water partition coefficient (Wildman–Crippen LogP) is 2.42. The second-order valence-corrected chi connectivity index (χ2v) is 9.69. The second-order valence-electron chi connectivity index (χ2n) is 7.68. The molecule has 31 heavy (non-hydrogen) atoms. The molecule has 3 aromatic heterocycles. The number of aromatic amines is 1. The molecule has 0 bridgehead atoms. The number of H-pyrrole nitrogens is 1.